The lowest BCUT2D eigenvalue weighted by Gasteiger charge is -2.47. The number of rotatable bonds is 5. The van der Waals surface area contributed by atoms with Gasteiger partial charge in [0.2, 0.25) is 0 Å². The van der Waals surface area contributed by atoms with Crippen LogP contribution in [0.3, 0.4) is 0 Å². The molecule has 0 amide bonds. The molecule has 6 nitrogen and oxygen atoms in total. The summed E-state index contributed by atoms with van der Waals surface area (Å²) in [5.74, 6) is 6.46. The molecule has 3 fully saturated rings. The second-order valence-electron chi connectivity index (χ2n) is 9.49. The summed E-state index contributed by atoms with van der Waals surface area (Å²) >= 11 is 0. The van der Waals surface area contributed by atoms with Crippen LogP contribution in [-0.4, -0.2) is 48.6 Å². The maximum Gasteiger partial charge on any atom is 0.262 e. The second kappa shape index (κ2) is 9.46. The molecule has 4 heterocycles. The highest BCUT2D eigenvalue weighted by molar-refractivity contribution is 7.92. The number of hydrogen-bond donors (Lipinski definition) is 2. The van der Waals surface area contributed by atoms with Gasteiger partial charge < -0.3 is 5.11 Å². The number of aliphatic hydroxyl groups is 1. The quantitative estimate of drug-likeness (QED) is 0.538. The minimum Gasteiger partial charge on any atom is -0.376 e. The van der Waals surface area contributed by atoms with Gasteiger partial charge in [0.15, 0.2) is 0 Å². The second-order valence-corrected chi connectivity index (χ2v) is 11.1. The van der Waals surface area contributed by atoms with E-state index < -0.39 is 15.6 Å². The number of pyridine rings is 1. The highest BCUT2D eigenvalue weighted by Gasteiger charge is 2.44. The highest BCUT2D eigenvalue weighted by Crippen LogP contribution is 2.35. The average molecular weight is 488 g/mol. The van der Waals surface area contributed by atoms with Crippen molar-refractivity contribution in [2.24, 2.45) is 5.92 Å². The molecule has 3 aliphatic heterocycles. The number of aryl methyl sites for hydroxylation is 1. The molecule has 7 heteroatoms. The molecular formula is C28H29N3O3S. The highest BCUT2D eigenvalue weighted by atomic mass is 32.2. The van der Waals surface area contributed by atoms with Crippen molar-refractivity contribution >= 4 is 15.7 Å². The van der Waals surface area contributed by atoms with Crippen LogP contribution in [-0.2, 0) is 16.4 Å². The number of nitrogens with one attached hydrogen (secondary N) is 1. The third-order valence-corrected chi connectivity index (χ3v) is 8.51. The fourth-order valence-corrected chi connectivity index (χ4v) is 6.33. The van der Waals surface area contributed by atoms with Crippen LogP contribution < -0.4 is 4.72 Å². The Kier molecular flexibility index (Phi) is 6.37. The van der Waals surface area contributed by atoms with Crippen molar-refractivity contribution in [3.63, 3.8) is 0 Å². The molecule has 35 heavy (non-hydrogen) atoms. The van der Waals surface area contributed by atoms with Crippen molar-refractivity contribution in [2.75, 3.05) is 24.4 Å². The molecule has 2 aromatic carbocycles. The summed E-state index contributed by atoms with van der Waals surface area (Å²) in [6.07, 6.45) is 3.95. The van der Waals surface area contributed by atoms with E-state index in [1.165, 1.54) is 6.20 Å². The summed E-state index contributed by atoms with van der Waals surface area (Å²) in [6, 6.07) is 18.6. The minimum absolute atomic E-state index is 0.178. The van der Waals surface area contributed by atoms with Gasteiger partial charge in [0.25, 0.3) is 10.0 Å². The van der Waals surface area contributed by atoms with E-state index >= 15 is 0 Å². The summed E-state index contributed by atoms with van der Waals surface area (Å²) in [4.78, 5) is 7.02. The van der Waals surface area contributed by atoms with E-state index in [1.54, 1.807) is 31.2 Å². The lowest BCUT2D eigenvalue weighted by Crippen LogP contribution is -2.58. The first-order chi connectivity index (χ1) is 16.8. The molecule has 2 bridgehead atoms. The van der Waals surface area contributed by atoms with Crippen molar-refractivity contribution in [1.82, 2.24) is 9.88 Å². The number of hydrogen-bond acceptors (Lipinski definition) is 5. The standard InChI is InChI=1S/C28H29N3O3S/c1-21-7-5-6-10-27(21)35(33,34)30-25-18-23(17-22-8-3-2-4-9-22)26(29-19-25)11-14-28(32)20-31-15-12-24(28)13-16-31/h2-10,18-19,24,30,32H,12-13,15-17,20H2,1H3. The van der Waals surface area contributed by atoms with Gasteiger partial charge >= 0.3 is 0 Å². The first-order valence-electron chi connectivity index (χ1n) is 11.9. The average Bonchev–Trinajstić information content (AvgIpc) is 2.85. The molecule has 180 valence electrons. The first-order valence-corrected chi connectivity index (χ1v) is 13.4. The van der Waals surface area contributed by atoms with Gasteiger partial charge in [-0.2, -0.15) is 0 Å². The van der Waals surface area contributed by atoms with Crippen molar-refractivity contribution in [3.05, 3.63) is 89.2 Å². The lowest BCUT2D eigenvalue weighted by atomic mass is 9.76. The Bertz CT molecular complexity index is 1390. The number of nitrogens with zero attached hydrogens (tertiary/aromatic N) is 2. The molecule has 0 aliphatic carbocycles. The number of piperidine rings is 3. The predicted molar refractivity (Wildman–Crippen MR) is 136 cm³/mol. The molecule has 3 saturated heterocycles. The molecule has 0 radical (unpaired) electrons. The van der Waals surface area contributed by atoms with E-state index in [4.69, 9.17) is 0 Å². The molecule has 2 N–H and O–H groups in total. The zero-order valence-electron chi connectivity index (χ0n) is 19.7. The van der Waals surface area contributed by atoms with Gasteiger partial charge in [-0.15, -0.1) is 0 Å². The van der Waals surface area contributed by atoms with E-state index in [9.17, 15) is 13.5 Å². The van der Waals surface area contributed by atoms with Gasteiger partial charge in [-0.3, -0.25) is 9.62 Å². The topological polar surface area (TPSA) is 82.5 Å². The summed E-state index contributed by atoms with van der Waals surface area (Å²) < 4.78 is 28.7. The Balaban J connectivity index is 1.48. The molecule has 0 spiro atoms. The van der Waals surface area contributed by atoms with Crippen LogP contribution in [0.4, 0.5) is 5.69 Å². The SMILES string of the molecule is Cc1ccccc1S(=O)(=O)Nc1cnc(C#CC2(O)CN3CCC2CC3)c(Cc2ccccc2)c1. The summed E-state index contributed by atoms with van der Waals surface area (Å²) in [5.41, 5.74) is 2.44. The monoisotopic (exact) mass is 487 g/mol. The molecule has 6 rings (SSSR count). The van der Waals surface area contributed by atoms with Crippen molar-refractivity contribution in [2.45, 2.75) is 36.7 Å². The van der Waals surface area contributed by atoms with E-state index in [2.05, 4.69) is 26.4 Å². The fraction of sp³-hybridized carbons (Fsp3) is 0.321. The largest absolute Gasteiger partial charge is 0.376 e. The number of benzene rings is 2. The molecular weight excluding hydrogens is 458 g/mol. The van der Waals surface area contributed by atoms with Crippen molar-refractivity contribution in [1.29, 1.82) is 0 Å². The van der Waals surface area contributed by atoms with Gasteiger partial charge in [0.1, 0.15) is 11.3 Å². The van der Waals surface area contributed by atoms with Gasteiger partial charge in [0, 0.05) is 18.9 Å². The van der Waals surface area contributed by atoms with Crippen LogP contribution in [0.15, 0.2) is 71.8 Å². The number of anilines is 1. The molecule has 0 saturated carbocycles. The Labute approximate surface area is 207 Å². The Morgan fingerprint density at radius 1 is 1.11 bits per heavy atom. The zero-order valence-corrected chi connectivity index (χ0v) is 20.6. The van der Waals surface area contributed by atoms with Crippen LogP contribution in [0, 0.1) is 24.7 Å². The molecule has 1 unspecified atom stereocenters. The van der Waals surface area contributed by atoms with Crippen LogP contribution in [0.2, 0.25) is 0 Å². The third kappa shape index (κ3) is 5.10. The van der Waals surface area contributed by atoms with Gasteiger partial charge in [-0.25, -0.2) is 13.4 Å². The first kappa shape index (κ1) is 23.6. The van der Waals surface area contributed by atoms with Crippen LogP contribution in [0.1, 0.15) is 35.2 Å². The number of fused-ring (bicyclic) bond motifs is 3. The fourth-order valence-electron chi connectivity index (χ4n) is 5.04. The minimum atomic E-state index is -3.76. The van der Waals surface area contributed by atoms with Crippen LogP contribution in [0.25, 0.3) is 0 Å². The van der Waals surface area contributed by atoms with Crippen LogP contribution in [0.5, 0.6) is 0 Å². The lowest BCUT2D eigenvalue weighted by molar-refractivity contribution is -0.0713. The zero-order chi connectivity index (χ0) is 24.5. The smallest absolute Gasteiger partial charge is 0.262 e. The molecule has 1 atom stereocenters. The van der Waals surface area contributed by atoms with Gasteiger partial charge in [0.05, 0.1) is 16.8 Å². The Hall–Kier alpha value is -3.18. The summed E-state index contributed by atoms with van der Waals surface area (Å²) in [7, 11) is -3.76. The Morgan fingerprint density at radius 2 is 1.83 bits per heavy atom. The van der Waals surface area contributed by atoms with E-state index in [0.29, 0.717) is 29.9 Å². The maximum absolute atomic E-state index is 13.0. The summed E-state index contributed by atoms with van der Waals surface area (Å²) in [5, 5.41) is 11.2. The molecule has 1 aromatic heterocycles. The number of sulfonamides is 1. The van der Waals surface area contributed by atoms with Crippen molar-refractivity contribution < 1.29 is 13.5 Å². The van der Waals surface area contributed by atoms with Crippen LogP contribution >= 0.6 is 0 Å². The van der Waals surface area contributed by atoms with Gasteiger partial charge in [-0.1, -0.05) is 54.5 Å². The predicted octanol–water partition coefficient (Wildman–Crippen LogP) is 3.59. The van der Waals surface area contributed by atoms with E-state index in [1.807, 2.05) is 36.4 Å². The van der Waals surface area contributed by atoms with Crippen molar-refractivity contribution in [3.8, 4) is 11.8 Å². The maximum atomic E-state index is 13.0. The molecule has 3 aromatic rings. The Morgan fingerprint density at radius 3 is 2.51 bits per heavy atom. The number of aromatic nitrogens is 1. The molecule has 3 aliphatic rings. The van der Waals surface area contributed by atoms with Gasteiger partial charge in [-0.05, 0) is 67.6 Å². The summed E-state index contributed by atoms with van der Waals surface area (Å²) in [6.45, 7) is 4.36. The van der Waals surface area contributed by atoms with E-state index in [0.717, 1.165) is 37.1 Å². The normalized spacial score (nSPS) is 23.4. The van der Waals surface area contributed by atoms with E-state index in [-0.39, 0.29) is 10.8 Å². The third-order valence-electron chi connectivity index (χ3n) is 6.96.